The topological polar surface area (TPSA) is 76.5 Å². The van der Waals surface area contributed by atoms with E-state index in [2.05, 4.69) is 29.0 Å². The SMILES string of the molecule is CCN(CC)CCn1c2c(c(SCC(=O)Nc3cc(Cl)ccc3OC)nc1=O)CCC2. The normalized spacial score (nSPS) is 12.8. The lowest BCUT2D eigenvalue weighted by Gasteiger charge is -2.20. The second-order valence-corrected chi connectivity index (χ2v) is 8.74. The smallest absolute Gasteiger partial charge is 0.348 e. The van der Waals surface area contributed by atoms with E-state index in [1.807, 2.05) is 4.57 Å². The summed E-state index contributed by atoms with van der Waals surface area (Å²) in [6, 6.07) is 5.06. The zero-order valence-electron chi connectivity index (χ0n) is 18.2. The van der Waals surface area contributed by atoms with Crippen molar-refractivity contribution in [2.45, 2.75) is 44.7 Å². The Balaban J connectivity index is 1.71. The summed E-state index contributed by atoms with van der Waals surface area (Å²) >= 11 is 7.33. The number of methoxy groups -OCH3 is 1. The van der Waals surface area contributed by atoms with Gasteiger partial charge in [0, 0.05) is 29.4 Å². The van der Waals surface area contributed by atoms with Crippen LogP contribution in [-0.2, 0) is 24.2 Å². The summed E-state index contributed by atoms with van der Waals surface area (Å²) < 4.78 is 7.09. The number of aromatic nitrogens is 2. The number of hydrogen-bond acceptors (Lipinski definition) is 6. The highest BCUT2D eigenvalue weighted by Gasteiger charge is 2.23. The van der Waals surface area contributed by atoms with E-state index < -0.39 is 0 Å². The largest absolute Gasteiger partial charge is 0.495 e. The molecular weight excluding hydrogens is 436 g/mol. The number of anilines is 1. The maximum Gasteiger partial charge on any atom is 0.348 e. The van der Waals surface area contributed by atoms with Crippen LogP contribution in [0.5, 0.6) is 5.75 Å². The number of carbonyl (C=O) groups is 1. The first-order chi connectivity index (χ1) is 15.0. The number of halogens is 1. The van der Waals surface area contributed by atoms with Gasteiger partial charge in [-0.2, -0.15) is 4.98 Å². The van der Waals surface area contributed by atoms with E-state index >= 15 is 0 Å². The quantitative estimate of drug-likeness (QED) is 0.428. The number of rotatable bonds is 10. The van der Waals surface area contributed by atoms with E-state index in [1.54, 1.807) is 18.2 Å². The fraction of sp³-hybridized carbons (Fsp3) is 0.500. The monoisotopic (exact) mass is 464 g/mol. The molecule has 1 aromatic carbocycles. The van der Waals surface area contributed by atoms with Gasteiger partial charge < -0.3 is 15.0 Å². The van der Waals surface area contributed by atoms with Crippen LogP contribution in [0, 0.1) is 0 Å². The molecule has 31 heavy (non-hydrogen) atoms. The Labute approximate surface area is 192 Å². The van der Waals surface area contributed by atoms with E-state index in [0.29, 0.717) is 28.0 Å². The van der Waals surface area contributed by atoms with E-state index in [4.69, 9.17) is 16.3 Å². The number of likely N-dealkylation sites (N-methyl/N-ethyl adjacent to an activating group) is 1. The minimum absolute atomic E-state index is 0.151. The molecule has 0 saturated heterocycles. The van der Waals surface area contributed by atoms with E-state index in [0.717, 1.165) is 50.2 Å². The van der Waals surface area contributed by atoms with Crippen LogP contribution in [0.2, 0.25) is 5.02 Å². The zero-order chi connectivity index (χ0) is 22.4. The summed E-state index contributed by atoms with van der Waals surface area (Å²) in [5, 5.41) is 4.01. The van der Waals surface area contributed by atoms with Gasteiger partial charge in [0.25, 0.3) is 0 Å². The van der Waals surface area contributed by atoms with Crippen LogP contribution in [0.25, 0.3) is 0 Å². The number of fused-ring (bicyclic) bond motifs is 1. The third-order valence-electron chi connectivity index (χ3n) is 5.51. The number of benzene rings is 1. The molecule has 1 N–H and O–H groups in total. The minimum atomic E-state index is -0.229. The van der Waals surface area contributed by atoms with Crippen LogP contribution in [0.4, 0.5) is 5.69 Å². The van der Waals surface area contributed by atoms with Crippen LogP contribution < -0.4 is 15.7 Å². The number of hydrogen-bond donors (Lipinski definition) is 1. The number of amides is 1. The van der Waals surface area contributed by atoms with Gasteiger partial charge in [-0.05, 0) is 50.6 Å². The molecule has 2 aromatic rings. The summed E-state index contributed by atoms with van der Waals surface area (Å²) in [6.45, 7) is 7.65. The van der Waals surface area contributed by atoms with Crippen molar-refractivity contribution in [1.29, 1.82) is 0 Å². The van der Waals surface area contributed by atoms with E-state index in [1.165, 1.54) is 18.9 Å². The molecule has 0 radical (unpaired) electrons. The molecule has 1 aliphatic carbocycles. The van der Waals surface area contributed by atoms with Gasteiger partial charge in [-0.15, -0.1) is 0 Å². The fourth-order valence-corrected chi connectivity index (χ4v) is 4.86. The standard InChI is InChI=1S/C22H29ClN4O3S/c1-4-26(5-2)11-12-27-18-8-6-7-16(18)21(25-22(27)29)31-14-20(28)24-17-13-15(23)9-10-19(17)30-3/h9-10,13H,4-8,11-12,14H2,1-3H3,(H,24,28). The average molecular weight is 465 g/mol. The summed E-state index contributed by atoms with van der Waals surface area (Å²) in [6.07, 6.45) is 2.77. The molecule has 7 nitrogen and oxygen atoms in total. The molecule has 0 atom stereocenters. The van der Waals surface area contributed by atoms with Gasteiger partial charge in [-0.25, -0.2) is 4.79 Å². The Bertz CT molecular complexity index is 991. The Morgan fingerprint density at radius 2 is 2.10 bits per heavy atom. The lowest BCUT2D eigenvalue weighted by atomic mass is 10.2. The Hall–Kier alpha value is -2.03. The van der Waals surface area contributed by atoms with Crippen molar-refractivity contribution in [2.24, 2.45) is 0 Å². The predicted molar refractivity (Wildman–Crippen MR) is 126 cm³/mol. The molecule has 3 rings (SSSR count). The highest BCUT2D eigenvalue weighted by Crippen LogP contribution is 2.30. The molecule has 9 heteroatoms. The molecule has 1 heterocycles. The zero-order valence-corrected chi connectivity index (χ0v) is 19.8. The van der Waals surface area contributed by atoms with Crippen LogP contribution in [0.3, 0.4) is 0 Å². The number of nitrogens with zero attached hydrogens (tertiary/aromatic N) is 3. The van der Waals surface area contributed by atoms with Crippen LogP contribution in [-0.4, -0.2) is 52.9 Å². The summed E-state index contributed by atoms with van der Waals surface area (Å²) in [7, 11) is 1.54. The van der Waals surface area contributed by atoms with Crippen molar-refractivity contribution in [3.8, 4) is 5.75 Å². The summed E-state index contributed by atoms with van der Waals surface area (Å²) in [5.41, 5.74) is 2.47. The van der Waals surface area contributed by atoms with Crippen molar-refractivity contribution >= 4 is 35.0 Å². The predicted octanol–water partition coefficient (Wildman–Crippen LogP) is 3.47. The van der Waals surface area contributed by atoms with Crippen LogP contribution in [0.1, 0.15) is 31.5 Å². The van der Waals surface area contributed by atoms with Crippen molar-refractivity contribution in [3.05, 3.63) is 45.0 Å². The first-order valence-electron chi connectivity index (χ1n) is 10.6. The lowest BCUT2D eigenvalue weighted by Crippen LogP contribution is -2.34. The van der Waals surface area contributed by atoms with Crippen molar-refractivity contribution < 1.29 is 9.53 Å². The molecule has 0 bridgehead atoms. The minimum Gasteiger partial charge on any atom is -0.495 e. The Morgan fingerprint density at radius 3 is 2.81 bits per heavy atom. The summed E-state index contributed by atoms with van der Waals surface area (Å²) in [4.78, 5) is 31.9. The third kappa shape index (κ3) is 5.81. The highest BCUT2D eigenvalue weighted by molar-refractivity contribution is 8.00. The van der Waals surface area contributed by atoms with Gasteiger partial charge in [0.2, 0.25) is 5.91 Å². The highest BCUT2D eigenvalue weighted by atomic mass is 35.5. The van der Waals surface area contributed by atoms with Crippen molar-refractivity contribution in [3.63, 3.8) is 0 Å². The number of thioether (sulfide) groups is 1. The molecule has 1 aromatic heterocycles. The molecule has 1 aliphatic rings. The number of ether oxygens (including phenoxy) is 1. The molecular formula is C22H29ClN4O3S. The molecule has 0 unspecified atom stereocenters. The van der Waals surface area contributed by atoms with Gasteiger partial charge >= 0.3 is 5.69 Å². The van der Waals surface area contributed by atoms with Gasteiger partial charge in [-0.1, -0.05) is 37.2 Å². The number of nitrogens with one attached hydrogen (secondary N) is 1. The van der Waals surface area contributed by atoms with Crippen LogP contribution >= 0.6 is 23.4 Å². The lowest BCUT2D eigenvalue weighted by molar-refractivity contribution is -0.113. The Kier molecular flexibility index (Phi) is 8.40. The second-order valence-electron chi connectivity index (χ2n) is 7.34. The summed E-state index contributed by atoms with van der Waals surface area (Å²) in [5.74, 6) is 0.486. The molecule has 1 amide bonds. The van der Waals surface area contributed by atoms with Gasteiger partial charge in [0.1, 0.15) is 10.8 Å². The average Bonchev–Trinajstić information content (AvgIpc) is 3.24. The first-order valence-corrected chi connectivity index (χ1v) is 11.9. The van der Waals surface area contributed by atoms with Gasteiger partial charge in [-0.3, -0.25) is 9.36 Å². The van der Waals surface area contributed by atoms with Gasteiger partial charge in [0.05, 0.1) is 18.6 Å². The van der Waals surface area contributed by atoms with E-state index in [9.17, 15) is 9.59 Å². The van der Waals surface area contributed by atoms with Crippen molar-refractivity contribution in [1.82, 2.24) is 14.5 Å². The number of carbonyl (C=O) groups excluding carboxylic acids is 1. The van der Waals surface area contributed by atoms with E-state index in [-0.39, 0.29) is 17.3 Å². The molecule has 168 valence electrons. The fourth-order valence-electron chi connectivity index (χ4n) is 3.82. The van der Waals surface area contributed by atoms with Gasteiger partial charge in [0.15, 0.2) is 0 Å². The maximum absolute atomic E-state index is 12.7. The molecule has 0 fully saturated rings. The maximum atomic E-state index is 12.7. The first kappa shape index (κ1) is 23.6. The Morgan fingerprint density at radius 1 is 1.32 bits per heavy atom. The molecule has 0 saturated carbocycles. The third-order valence-corrected chi connectivity index (χ3v) is 6.76. The second kappa shape index (κ2) is 11.0. The molecule has 0 spiro atoms. The van der Waals surface area contributed by atoms with Crippen LogP contribution in [0.15, 0.2) is 28.0 Å². The molecule has 0 aliphatic heterocycles. The van der Waals surface area contributed by atoms with Crippen molar-refractivity contribution in [2.75, 3.05) is 37.8 Å².